The average molecular weight is 877 g/mol. The third kappa shape index (κ3) is 9.07. The van der Waals surface area contributed by atoms with Crippen LogP contribution in [0.25, 0.3) is 44.3 Å². The lowest BCUT2D eigenvalue weighted by molar-refractivity contribution is -0.274. The molecule has 0 radical (unpaired) electrons. The van der Waals surface area contributed by atoms with Crippen molar-refractivity contribution in [2.45, 2.75) is 83.3 Å². The molecule has 2 saturated heterocycles. The van der Waals surface area contributed by atoms with Crippen LogP contribution in [-0.4, -0.2) is 99.3 Å². The molecule has 2 aliphatic heterocycles. The lowest BCUT2D eigenvalue weighted by Gasteiger charge is -2.29. The summed E-state index contributed by atoms with van der Waals surface area (Å²) in [6.45, 7) is -25.9. The number of nitrogens with one attached hydrogen (secondary N) is 4. The highest BCUT2D eigenvalue weighted by atomic mass is 19.4. The van der Waals surface area contributed by atoms with Crippen molar-refractivity contribution in [2.24, 2.45) is 11.8 Å². The summed E-state index contributed by atoms with van der Waals surface area (Å²) in [6.07, 6.45) is -26.0. The van der Waals surface area contributed by atoms with Crippen molar-refractivity contribution < 1.29 is 87.7 Å². The number of alkyl halides is 3. The third-order valence-corrected chi connectivity index (χ3v) is 8.57. The summed E-state index contributed by atoms with van der Waals surface area (Å²) in [5.41, 5.74) is -2.65. The number of aromatic nitrogens is 4. The largest absolute Gasteiger partial charge is 0.573 e. The van der Waals surface area contributed by atoms with E-state index in [0.29, 0.717) is 14.2 Å². The van der Waals surface area contributed by atoms with Gasteiger partial charge in [0.2, 0.25) is 11.8 Å². The van der Waals surface area contributed by atoms with E-state index in [9.17, 15) is 35.1 Å². The first kappa shape index (κ1) is 19.2. The molecule has 2 fully saturated rings. The molecule has 2 aliphatic rings. The van der Waals surface area contributed by atoms with Crippen molar-refractivity contribution in [3.05, 3.63) is 66.2 Å². The van der Waals surface area contributed by atoms with E-state index in [1.165, 1.54) is 10.6 Å². The lowest BCUT2D eigenvalue weighted by Crippen LogP contribution is -2.51. The molecular weight excluding hydrogens is 798 g/mol. The summed E-state index contributed by atoms with van der Waals surface area (Å²) in [6, 6.07) is -8.02. The van der Waals surface area contributed by atoms with Gasteiger partial charge < -0.3 is 44.6 Å². The zero-order valence-corrected chi connectivity index (χ0v) is 31.0. The maximum atomic E-state index is 14.8. The number of hydrogen-bond acceptors (Lipinski definition) is 9. The van der Waals surface area contributed by atoms with Gasteiger partial charge in [0, 0.05) is 54.2 Å². The molecule has 0 bridgehead atoms. The molecule has 4 atom stereocenters. The number of H-pyrrole nitrogens is 2. The van der Waals surface area contributed by atoms with Crippen LogP contribution in [0.2, 0.25) is 0 Å². The molecule has 0 aliphatic carbocycles. The minimum absolute atomic E-state index is 0.118. The molecule has 5 aromatic rings. The molecule has 0 unspecified atom stereocenters. The van der Waals surface area contributed by atoms with Gasteiger partial charge in [0.05, 0.1) is 53.8 Å². The van der Waals surface area contributed by atoms with Gasteiger partial charge in [-0.1, -0.05) is 51.7 Å². The predicted octanol–water partition coefficient (Wildman–Crippen LogP) is 7.76. The Morgan fingerprint density at radius 3 is 1.70 bits per heavy atom. The van der Waals surface area contributed by atoms with Crippen molar-refractivity contribution in [3.63, 3.8) is 0 Å². The number of carbonyl (C=O) groups is 4. The van der Waals surface area contributed by atoms with Crippen LogP contribution in [0, 0.1) is 11.8 Å². The first-order valence-electron chi connectivity index (χ1n) is 32.0. The highest BCUT2D eigenvalue weighted by Crippen LogP contribution is 2.40. The van der Waals surface area contributed by atoms with E-state index in [1.54, 1.807) is 0 Å². The number of amides is 4. The maximum Gasteiger partial charge on any atom is 0.573 e. The van der Waals surface area contributed by atoms with Crippen LogP contribution in [0.15, 0.2) is 54.6 Å². The normalized spacial score (nSPS) is 34.7. The van der Waals surface area contributed by atoms with Gasteiger partial charge in [-0.2, -0.15) is 0 Å². The van der Waals surface area contributed by atoms with Crippen LogP contribution in [0.5, 0.6) is 5.75 Å². The minimum Gasteiger partial charge on any atom is -0.453 e. The standard InChI is InChI=1S/C43H49F3N8O7/c1-22(2)35(51-41(57)59-5)39(55)53-17-7-9-32(53)37-47-28-15-12-24(19-30(28)49-37)25-11-14-27(34(21-25)61-43(44,45)46)26-13-16-29-31(20-26)50-38(48-29)33-10-8-18-54(33)40(56)36(23(3)4)52-42(58)60-6/h11-16,19-23,32-33,35-36H,7-10,17-18H2,1-6H3,(H,47,49)(H,48,50)(H,51,57)(H,52,58)/t32-,33-,35-,36-/m0/s1/i1D3,2D3,3D3,4D3,7D2,8D2,9D2,10D2,17D2,18D2,22D,23D,32D,33D,35D,36D. The number of aromatic amines is 2. The van der Waals surface area contributed by atoms with E-state index in [1.807, 2.05) is 0 Å². The van der Waals surface area contributed by atoms with Crippen LogP contribution in [0.3, 0.4) is 0 Å². The van der Waals surface area contributed by atoms with Gasteiger partial charge in [-0.15, -0.1) is 13.2 Å². The number of imidazole rings is 2. The zero-order valence-electron chi connectivity index (χ0n) is 61.0. The first-order valence-corrected chi connectivity index (χ1v) is 17.0. The fourth-order valence-electron chi connectivity index (χ4n) is 5.86. The van der Waals surface area contributed by atoms with E-state index < -0.39 is 176 Å². The number of rotatable bonds is 11. The van der Waals surface area contributed by atoms with Gasteiger partial charge in [-0.3, -0.25) is 9.59 Å². The predicted molar refractivity (Wildman–Crippen MR) is 219 cm³/mol. The fraction of sp³-hybridized carbons (Fsp3) is 0.442. The van der Waals surface area contributed by atoms with Crippen LogP contribution >= 0.6 is 0 Å². The first-order chi connectivity index (χ1) is 40.6. The fourth-order valence-corrected chi connectivity index (χ4v) is 5.86. The Morgan fingerprint density at radius 2 is 1.23 bits per heavy atom. The van der Waals surface area contributed by atoms with Gasteiger partial charge in [-0.25, -0.2) is 19.6 Å². The Balaban J connectivity index is 1.37. The maximum absolute atomic E-state index is 14.8. The highest BCUT2D eigenvalue weighted by Gasteiger charge is 2.39. The number of methoxy groups -OCH3 is 2. The van der Waals surface area contributed by atoms with Gasteiger partial charge >= 0.3 is 18.5 Å². The monoisotopic (exact) mass is 877 g/mol. The second-order valence-corrected chi connectivity index (χ2v) is 12.3. The number of likely N-dealkylation sites (tertiary alicyclic amines) is 2. The number of carbonyl (C=O) groups excluding carboxylic acids is 4. The quantitative estimate of drug-likeness (QED) is 0.103. The number of nitrogens with zero attached hydrogens (tertiary/aromatic N) is 4. The second kappa shape index (κ2) is 17.3. The summed E-state index contributed by atoms with van der Waals surface area (Å²) in [7, 11) is 1.14. The Morgan fingerprint density at radius 1 is 0.770 bits per heavy atom. The van der Waals surface area contributed by atoms with Crippen molar-refractivity contribution in [1.82, 2.24) is 40.4 Å². The summed E-state index contributed by atoms with van der Waals surface area (Å²) < 4.78 is 311. The third-order valence-electron chi connectivity index (χ3n) is 8.57. The van der Waals surface area contributed by atoms with Crippen LogP contribution in [0.1, 0.15) is 118 Å². The molecule has 61 heavy (non-hydrogen) atoms. The molecule has 18 heteroatoms. The summed E-state index contributed by atoms with van der Waals surface area (Å²) in [5.74, 6) is -18.1. The molecule has 4 heterocycles. The van der Waals surface area contributed by atoms with Crippen LogP contribution < -0.4 is 15.4 Å². The Hall–Kier alpha value is -6.33. The number of hydrogen-bond donors (Lipinski definition) is 4. The Labute approximate surface area is 391 Å². The van der Waals surface area contributed by atoms with Crippen molar-refractivity contribution >= 4 is 46.1 Å². The van der Waals surface area contributed by atoms with Crippen LogP contribution in [-0.2, 0) is 19.1 Å². The lowest BCUT2D eigenvalue weighted by atomic mass is 9.98. The number of alkyl carbamates (subject to hydrolysis) is 2. The molecule has 7 rings (SSSR count). The SMILES string of the molecule is [2H]C([2H])([2H])C([2H])(C([2H])([2H])[2H])[C@]([2H])(NC(=O)OC)C(=O)N1C([2H])([2H])C([2H])([2H])C([2H])([2H])[C@@]1([2H])c1nc2ccc(-c3ccc(-c4ccc5nc([C@@]6([2H])N(C(=O)[C@@]([2H])(NC(=O)OC)C([2H])(C([2H])([2H])[2H])C([2H])([2H])[2H])C([2H])([2H])C([2H])([2H])C6([2H])[2H])[nH]c5c4)c(OC(F)(F)F)c3)cc2[nH]1. The summed E-state index contributed by atoms with van der Waals surface area (Å²) in [4.78, 5) is 66.4. The molecule has 3 aromatic carbocycles. The van der Waals surface area contributed by atoms with E-state index in [0.717, 1.165) is 54.6 Å². The van der Waals surface area contributed by atoms with Crippen LogP contribution in [0.4, 0.5) is 22.8 Å². The number of benzene rings is 3. The molecule has 15 nitrogen and oxygen atoms in total. The van der Waals surface area contributed by atoms with Gasteiger partial charge in [0.25, 0.3) is 0 Å². The zero-order chi connectivity index (χ0) is 70.0. The molecule has 0 spiro atoms. The van der Waals surface area contributed by atoms with Gasteiger partial charge in [-0.05, 0) is 84.3 Å². The molecule has 4 N–H and O–H groups in total. The van der Waals surface area contributed by atoms with E-state index >= 15 is 0 Å². The molecule has 0 saturated carbocycles. The summed E-state index contributed by atoms with van der Waals surface area (Å²) in [5, 5.41) is 2.56. The second-order valence-electron chi connectivity index (χ2n) is 12.3. The molecule has 2 aromatic heterocycles. The molecule has 324 valence electrons. The van der Waals surface area contributed by atoms with Crippen molar-refractivity contribution in [1.29, 1.82) is 0 Å². The van der Waals surface area contributed by atoms with E-state index in [-0.39, 0.29) is 27.7 Å². The van der Waals surface area contributed by atoms with Crippen molar-refractivity contribution in [2.75, 3.05) is 27.2 Å². The van der Waals surface area contributed by atoms with E-state index in [2.05, 4.69) is 34.1 Å². The van der Waals surface area contributed by atoms with Gasteiger partial charge in [0.1, 0.15) is 29.4 Å². The smallest absolute Gasteiger partial charge is 0.453 e. The van der Waals surface area contributed by atoms with Crippen molar-refractivity contribution in [3.8, 4) is 28.0 Å². The summed E-state index contributed by atoms with van der Waals surface area (Å²) >= 11 is 0. The Kier molecular flexibility index (Phi) is 5.44. The minimum atomic E-state index is -5.51. The molecule has 4 amide bonds. The van der Waals surface area contributed by atoms with E-state index in [4.69, 9.17) is 38.4 Å². The average Bonchev–Trinajstić information content (AvgIpc) is 1.53. The highest BCUT2D eigenvalue weighted by molar-refractivity contribution is 5.89. The number of halogens is 3. The topological polar surface area (TPSA) is 184 Å². The van der Waals surface area contributed by atoms with Gasteiger partial charge in [0.15, 0.2) is 0 Å². The Bertz CT molecular complexity index is 3750. The number of fused-ring (bicyclic) bond motifs is 2. The molecular formula is C43H49F3N8O7. The number of ether oxygens (including phenoxy) is 3.